The van der Waals surface area contributed by atoms with E-state index < -0.39 is 0 Å². The normalized spacial score (nSPS) is 28.4. The summed E-state index contributed by atoms with van der Waals surface area (Å²) in [6.45, 7) is 5.38. The molecule has 0 aromatic heterocycles. The second-order valence-electron chi connectivity index (χ2n) is 4.18. The molecule has 1 heteroatoms. The Bertz CT molecular complexity index is 156. The largest absolute Gasteiger partial charge is 0.330 e. The van der Waals surface area contributed by atoms with E-state index >= 15 is 0 Å². The van der Waals surface area contributed by atoms with Crippen LogP contribution < -0.4 is 5.73 Å². The summed E-state index contributed by atoms with van der Waals surface area (Å²) in [6, 6.07) is 0. The summed E-state index contributed by atoms with van der Waals surface area (Å²) in [5, 5.41) is 0. The van der Waals surface area contributed by atoms with Crippen molar-refractivity contribution in [2.45, 2.75) is 39.5 Å². The standard InChI is InChI=1S/C11H21N/c1-3-11(2,9-12)10-7-5-4-6-8-10/h5,7,10H,3-4,6,8-9,12H2,1-2H3. The average molecular weight is 167 g/mol. The van der Waals surface area contributed by atoms with Crippen LogP contribution >= 0.6 is 0 Å². The van der Waals surface area contributed by atoms with Crippen molar-refractivity contribution in [2.75, 3.05) is 6.54 Å². The molecule has 0 bridgehead atoms. The second-order valence-corrected chi connectivity index (χ2v) is 4.18. The molecule has 0 heterocycles. The monoisotopic (exact) mass is 167 g/mol. The van der Waals surface area contributed by atoms with Crippen LogP contribution in [0.5, 0.6) is 0 Å². The number of nitrogens with two attached hydrogens (primary N) is 1. The van der Waals surface area contributed by atoms with Crippen molar-refractivity contribution in [3.05, 3.63) is 12.2 Å². The zero-order valence-corrected chi connectivity index (χ0v) is 8.34. The van der Waals surface area contributed by atoms with Crippen molar-refractivity contribution >= 4 is 0 Å². The predicted octanol–water partition coefficient (Wildman–Crippen LogP) is 2.72. The van der Waals surface area contributed by atoms with Crippen molar-refractivity contribution in [1.29, 1.82) is 0 Å². The summed E-state index contributed by atoms with van der Waals surface area (Å²) >= 11 is 0. The minimum atomic E-state index is 0.344. The van der Waals surface area contributed by atoms with Crippen molar-refractivity contribution < 1.29 is 0 Å². The van der Waals surface area contributed by atoms with Gasteiger partial charge in [0.15, 0.2) is 0 Å². The third-order valence-corrected chi connectivity index (χ3v) is 3.42. The van der Waals surface area contributed by atoms with Gasteiger partial charge in [-0.3, -0.25) is 0 Å². The highest BCUT2D eigenvalue weighted by molar-refractivity contribution is 5.00. The molecule has 0 radical (unpaired) electrons. The van der Waals surface area contributed by atoms with Gasteiger partial charge >= 0.3 is 0 Å². The summed E-state index contributed by atoms with van der Waals surface area (Å²) in [7, 11) is 0. The Balaban J connectivity index is 2.64. The molecule has 1 aliphatic carbocycles. The molecule has 70 valence electrons. The predicted molar refractivity (Wildman–Crippen MR) is 53.9 cm³/mol. The zero-order valence-electron chi connectivity index (χ0n) is 8.34. The van der Waals surface area contributed by atoms with Gasteiger partial charge in [-0.1, -0.05) is 26.0 Å². The fourth-order valence-corrected chi connectivity index (χ4v) is 1.95. The Morgan fingerprint density at radius 3 is 2.75 bits per heavy atom. The second kappa shape index (κ2) is 4.08. The molecule has 1 nitrogen and oxygen atoms in total. The number of hydrogen-bond acceptors (Lipinski definition) is 1. The van der Waals surface area contributed by atoms with Crippen molar-refractivity contribution in [2.24, 2.45) is 17.1 Å². The minimum absolute atomic E-state index is 0.344. The van der Waals surface area contributed by atoms with Gasteiger partial charge in [0.2, 0.25) is 0 Å². The van der Waals surface area contributed by atoms with Gasteiger partial charge in [0.1, 0.15) is 0 Å². The molecule has 0 spiro atoms. The minimum Gasteiger partial charge on any atom is -0.330 e. The Hall–Kier alpha value is -0.300. The number of hydrogen-bond donors (Lipinski definition) is 1. The molecule has 0 saturated heterocycles. The Morgan fingerprint density at radius 2 is 2.33 bits per heavy atom. The van der Waals surface area contributed by atoms with Crippen LogP contribution in [0.4, 0.5) is 0 Å². The molecular weight excluding hydrogens is 146 g/mol. The summed E-state index contributed by atoms with van der Waals surface area (Å²) in [4.78, 5) is 0. The molecule has 0 aliphatic heterocycles. The molecule has 0 amide bonds. The maximum Gasteiger partial charge on any atom is -0.00176 e. The molecule has 0 saturated carbocycles. The van der Waals surface area contributed by atoms with Gasteiger partial charge in [-0.2, -0.15) is 0 Å². The van der Waals surface area contributed by atoms with E-state index in [1.165, 1.54) is 25.7 Å². The lowest BCUT2D eigenvalue weighted by Crippen LogP contribution is -2.34. The van der Waals surface area contributed by atoms with E-state index in [1.807, 2.05) is 0 Å². The molecule has 0 aromatic carbocycles. The van der Waals surface area contributed by atoms with Crippen molar-refractivity contribution in [3.8, 4) is 0 Å². The van der Waals surface area contributed by atoms with Gasteiger partial charge in [0.25, 0.3) is 0 Å². The quantitative estimate of drug-likeness (QED) is 0.643. The van der Waals surface area contributed by atoms with E-state index in [0.29, 0.717) is 5.41 Å². The van der Waals surface area contributed by atoms with Crippen LogP contribution in [0.25, 0.3) is 0 Å². The molecule has 0 fully saturated rings. The van der Waals surface area contributed by atoms with E-state index in [-0.39, 0.29) is 0 Å². The summed E-state index contributed by atoms with van der Waals surface area (Å²) in [5.74, 6) is 0.723. The average Bonchev–Trinajstić information content (AvgIpc) is 2.18. The third-order valence-electron chi connectivity index (χ3n) is 3.42. The molecular formula is C11H21N. The van der Waals surface area contributed by atoms with Gasteiger partial charge in [-0.25, -0.2) is 0 Å². The maximum absolute atomic E-state index is 5.81. The van der Waals surface area contributed by atoms with E-state index in [4.69, 9.17) is 5.73 Å². The van der Waals surface area contributed by atoms with Crippen LogP contribution in [0.3, 0.4) is 0 Å². The molecule has 1 aliphatic rings. The van der Waals surface area contributed by atoms with Crippen molar-refractivity contribution in [1.82, 2.24) is 0 Å². The lowest BCUT2D eigenvalue weighted by Gasteiger charge is -2.35. The van der Waals surface area contributed by atoms with E-state index in [9.17, 15) is 0 Å². The Labute approximate surface area is 76.0 Å². The van der Waals surface area contributed by atoms with Crippen LogP contribution in [0.15, 0.2) is 12.2 Å². The van der Waals surface area contributed by atoms with E-state index in [2.05, 4.69) is 26.0 Å². The molecule has 2 atom stereocenters. The fourth-order valence-electron chi connectivity index (χ4n) is 1.95. The summed E-state index contributed by atoms with van der Waals surface area (Å²) < 4.78 is 0. The zero-order chi connectivity index (χ0) is 9.03. The fraction of sp³-hybridized carbons (Fsp3) is 0.818. The highest BCUT2D eigenvalue weighted by atomic mass is 14.6. The summed E-state index contributed by atoms with van der Waals surface area (Å²) in [6.07, 6.45) is 9.83. The van der Waals surface area contributed by atoms with Gasteiger partial charge in [0, 0.05) is 0 Å². The lowest BCUT2D eigenvalue weighted by atomic mass is 9.71. The van der Waals surface area contributed by atoms with Crippen molar-refractivity contribution in [3.63, 3.8) is 0 Å². The van der Waals surface area contributed by atoms with Gasteiger partial charge in [-0.05, 0) is 43.6 Å². The highest BCUT2D eigenvalue weighted by Crippen LogP contribution is 2.36. The lowest BCUT2D eigenvalue weighted by molar-refractivity contribution is 0.209. The Kier molecular flexibility index (Phi) is 3.33. The van der Waals surface area contributed by atoms with Crippen LogP contribution in [0.2, 0.25) is 0 Å². The van der Waals surface area contributed by atoms with E-state index in [1.54, 1.807) is 0 Å². The van der Waals surface area contributed by atoms with Gasteiger partial charge in [0.05, 0.1) is 0 Å². The van der Waals surface area contributed by atoms with E-state index in [0.717, 1.165) is 12.5 Å². The first kappa shape index (κ1) is 9.79. The van der Waals surface area contributed by atoms with Gasteiger partial charge < -0.3 is 5.73 Å². The number of rotatable bonds is 3. The topological polar surface area (TPSA) is 26.0 Å². The van der Waals surface area contributed by atoms with Crippen LogP contribution in [-0.2, 0) is 0 Å². The molecule has 12 heavy (non-hydrogen) atoms. The first-order valence-electron chi connectivity index (χ1n) is 5.09. The van der Waals surface area contributed by atoms with Gasteiger partial charge in [-0.15, -0.1) is 0 Å². The molecule has 2 unspecified atom stereocenters. The third kappa shape index (κ3) is 1.89. The van der Waals surface area contributed by atoms with Crippen LogP contribution in [-0.4, -0.2) is 6.54 Å². The Morgan fingerprint density at radius 1 is 1.58 bits per heavy atom. The number of allylic oxidation sites excluding steroid dienone is 2. The smallest absolute Gasteiger partial charge is 0.00176 e. The molecule has 2 N–H and O–H groups in total. The molecule has 0 aromatic rings. The first-order chi connectivity index (χ1) is 5.73. The van der Waals surface area contributed by atoms with Crippen LogP contribution in [0, 0.1) is 11.3 Å². The summed E-state index contributed by atoms with van der Waals surface area (Å²) in [5.41, 5.74) is 6.16. The highest BCUT2D eigenvalue weighted by Gasteiger charge is 2.29. The maximum atomic E-state index is 5.81. The molecule has 1 rings (SSSR count). The SMILES string of the molecule is CCC(C)(CN)C1C=CCCC1. The van der Waals surface area contributed by atoms with Crippen LogP contribution in [0.1, 0.15) is 39.5 Å². The first-order valence-corrected chi connectivity index (χ1v) is 5.09.